The highest BCUT2D eigenvalue weighted by molar-refractivity contribution is 5.83. The molecule has 1 fully saturated rings. The van der Waals surface area contributed by atoms with Crippen molar-refractivity contribution in [3.63, 3.8) is 0 Å². The lowest BCUT2D eigenvalue weighted by atomic mass is 10.1. The number of carbonyl (C=O) groups excluding carboxylic acids is 1. The summed E-state index contributed by atoms with van der Waals surface area (Å²) >= 11 is 0. The van der Waals surface area contributed by atoms with E-state index in [9.17, 15) is 27.2 Å². The molecule has 0 spiro atoms. The van der Waals surface area contributed by atoms with Gasteiger partial charge < -0.3 is 19.5 Å². The molecule has 1 saturated heterocycles. The minimum atomic E-state index is -4.53. The Morgan fingerprint density at radius 2 is 1.80 bits per heavy atom. The quantitative estimate of drug-likeness (QED) is 0.781. The molecule has 0 saturated carbocycles. The standard InChI is InChI=1S/C15H15F4NO5/c16-14(13(22)23)5-6-20(8-14)12(21)7-24-10-3-1-2-4-11(10)25-9-15(17,18)19/h1-4H,5-9H2,(H,22,23). The first-order valence-electron chi connectivity index (χ1n) is 7.22. The first-order valence-corrected chi connectivity index (χ1v) is 7.22. The molecule has 0 aromatic heterocycles. The molecule has 2 rings (SSSR count). The molecular formula is C15H15F4NO5. The van der Waals surface area contributed by atoms with Gasteiger partial charge in [-0.2, -0.15) is 13.2 Å². The topological polar surface area (TPSA) is 76.1 Å². The summed E-state index contributed by atoms with van der Waals surface area (Å²) in [5.41, 5.74) is -2.50. The van der Waals surface area contributed by atoms with Crippen LogP contribution in [0, 0.1) is 0 Å². The maximum absolute atomic E-state index is 13.9. The van der Waals surface area contributed by atoms with Gasteiger partial charge in [0.1, 0.15) is 0 Å². The van der Waals surface area contributed by atoms with E-state index in [1.807, 2.05) is 0 Å². The van der Waals surface area contributed by atoms with Gasteiger partial charge >= 0.3 is 12.1 Å². The smallest absolute Gasteiger partial charge is 0.422 e. The molecule has 1 aliphatic rings. The van der Waals surface area contributed by atoms with Crippen molar-refractivity contribution in [3.05, 3.63) is 24.3 Å². The van der Waals surface area contributed by atoms with Crippen LogP contribution in [0.1, 0.15) is 6.42 Å². The van der Waals surface area contributed by atoms with Crippen LogP contribution in [0.5, 0.6) is 11.5 Å². The number of nitrogens with zero attached hydrogens (tertiary/aromatic N) is 1. The van der Waals surface area contributed by atoms with Crippen LogP contribution in [-0.4, -0.2) is 60.0 Å². The van der Waals surface area contributed by atoms with Crippen molar-refractivity contribution in [2.75, 3.05) is 26.3 Å². The Balaban J connectivity index is 1.93. The molecule has 1 aromatic rings. The lowest BCUT2D eigenvalue weighted by Gasteiger charge is -2.18. The summed E-state index contributed by atoms with van der Waals surface area (Å²) in [6.45, 7) is -2.79. The van der Waals surface area contributed by atoms with Crippen LogP contribution in [0.2, 0.25) is 0 Å². The minimum Gasteiger partial charge on any atom is -0.480 e. The molecule has 1 aromatic carbocycles. The predicted molar refractivity (Wildman–Crippen MR) is 76.2 cm³/mol. The number of benzene rings is 1. The molecule has 6 nitrogen and oxygen atoms in total. The van der Waals surface area contributed by atoms with Gasteiger partial charge in [0, 0.05) is 13.0 Å². The number of halogens is 4. The molecule has 10 heteroatoms. The highest BCUT2D eigenvalue weighted by Gasteiger charge is 2.46. The van der Waals surface area contributed by atoms with E-state index in [-0.39, 0.29) is 24.5 Å². The summed E-state index contributed by atoms with van der Waals surface area (Å²) in [5, 5.41) is 8.79. The summed E-state index contributed by atoms with van der Waals surface area (Å²) in [5.74, 6) is -2.59. The Bertz CT molecular complexity index is 651. The van der Waals surface area contributed by atoms with Crippen molar-refractivity contribution in [3.8, 4) is 11.5 Å². The predicted octanol–water partition coefficient (Wildman–Crippen LogP) is 2.03. The normalized spacial score (nSPS) is 20.4. The second kappa shape index (κ2) is 7.16. The molecule has 1 heterocycles. The third-order valence-electron chi connectivity index (χ3n) is 3.55. The number of likely N-dealkylation sites (tertiary alicyclic amines) is 1. The van der Waals surface area contributed by atoms with E-state index in [1.165, 1.54) is 24.3 Å². The highest BCUT2D eigenvalue weighted by atomic mass is 19.4. The molecule has 1 atom stereocenters. The number of hydrogen-bond donors (Lipinski definition) is 1. The first-order chi connectivity index (χ1) is 11.6. The molecule has 1 amide bonds. The van der Waals surface area contributed by atoms with E-state index >= 15 is 0 Å². The molecular weight excluding hydrogens is 350 g/mol. The molecule has 25 heavy (non-hydrogen) atoms. The van der Waals surface area contributed by atoms with Crippen LogP contribution in [0.25, 0.3) is 0 Å². The SMILES string of the molecule is O=C(COc1ccccc1OCC(F)(F)F)N1CCC(F)(C(=O)O)C1. The molecule has 1 aliphatic heterocycles. The van der Waals surface area contributed by atoms with Crippen molar-refractivity contribution in [2.45, 2.75) is 18.3 Å². The number of carboxylic acid groups (broad SMARTS) is 1. The van der Waals surface area contributed by atoms with Gasteiger partial charge in [-0.25, -0.2) is 9.18 Å². The maximum atomic E-state index is 13.9. The summed E-state index contributed by atoms with van der Waals surface area (Å²) in [6.07, 6.45) is -4.86. The van der Waals surface area contributed by atoms with Gasteiger partial charge in [0.05, 0.1) is 6.54 Å². The molecule has 0 bridgehead atoms. The van der Waals surface area contributed by atoms with E-state index in [4.69, 9.17) is 9.84 Å². The number of rotatable bonds is 6. The zero-order valence-corrected chi connectivity index (χ0v) is 12.9. The molecule has 1 N–H and O–H groups in total. The second-order valence-electron chi connectivity index (χ2n) is 5.48. The van der Waals surface area contributed by atoms with Crippen molar-refractivity contribution < 1.29 is 41.7 Å². The zero-order chi connectivity index (χ0) is 18.7. The van der Waals surface area contributed by atoms with E-state index < -0.39 is 43.5 Å². The van der Waals surface area contributed by atoms with Gasteiger partial charge in [-0.05, 0) is 12.1 Å². The van der Waals surface area contributed by atoms with Crippen molar-refractivity contribution in [2.24, 2.45) is 0 Å². The number of aliphatic carboxylic acids is 1. The van der Waals surface area contributed by atoms with Crippen LogP contribution in [0.15, 0.2) is 24.3 Å². The van der Waals surface area contributed by atoms with E-state index in [2.05, 4.69) is 4.74 Å². The number of ether oxygens (including phenoxy) is 2. The number of alkyl halides is 4. The van der Waals surface area contributed by atoms with Crippen LogP contribution >= 0.6 is 0 Å². The Hall–Kier alpha value is -2.52. The van der Waals surface area contributed by atoms with E-state index in [0.29, 0.717) is 0 Å². The number of para-hydroxylation sites is 2. The van der Waals surface area contributed by atoms with Gasteiger partial charge in [-0.3, -0.25) is 4.79 Å². The Labute approximate surface area is 139 Å². The fourth-order valence-corrected chi connectivity index (χ4v) is 2.24. The lowest BCUT2D eigenvalue weighted by Crippen LogP contribution is -2.40. The van der Waals surface area contributed by atoms with Crippen molar-refractivity contribution >= 4 is 11.9 Å². The van der Waals surface area contributed by atoms with Gasteiger partial charge in [0.15, 0.2) is 24.7 Å². The highest BCUT2D eigenvalue weighted by Crippen LogP contribution is 2.29. The fraction of sp³-hybridized carbons (Fsp3) is 0.467. The van der Waals surface area contributed by atoms with E-state index in [0.717, 1.165) is 4.90 Å². The second-order valence-corrected chi connectivity index (χ2v) is 5.48. The first kappa shape index (κ1) is 18.8. The van der Waals surface area contributed by atoms with Gasteiger partial charge in [-0.15, -0.1) is 0 Å². The van der Waals surface area contributed by atoms with Crippen LogP contribution in [0.4, 0.5) is 17.6 Å². The van der Waals surface area contributed by atoms with Crippen molar-refractivity contribution in [1.82, 2.24) is 4.90 Å². The zero-order valence-electron chi connectivity index (χ0n) is 12.9. The van der Waals surface area contributed by atoms with Gasteiger partial charge in [-0.1, -0.05) is 12.1 Å². The largest absolute Gasteiger partial charge is 0.480 e. The third-order valence-corrected chi connectivity index (χ3v) is 3.55. The van der Waals surface area contributed by atoms with Crippen LogP contribution in [-0.2, 0) is 9.59 Å². The summed E-state index contributed by atoms with van der Waals surface area (Å²) in [4.78, 5) is 23.8. The third kappa shape index (κ3) is 4.97. The average Bonchev–Trinajstić information content (AvgIpc) is 2.94. The summed E-state index contributed by atoms with van der Waals surface area (Å²) < 4.78 is 60.3. The Morgan fingerprint density at radius 1 is 1.20 bits per heavy atom. The summed E-state index contributed by atoms with van der Waals surface area (Å²) in [6, 6.07) is 5.48. The van der Waals surface area contributed by atoms with Gasteiger partial charge in [0.2, 0.25) is 5.67 Å². The Morgan fingerprint density at radius 3 is 2.32 bits per heavy atom. The monoisotopic (exact) mass is 365 g/mol. The van der Waals surface area contributed by atoms with E-state index in [1.54, 1.807) is 0 Å². The molecule has 0 radical (unpaired) electrons. The van der Waals surface area contributed by atoms with Crippen LogP contribution < -0.4 is 9.47 Å². The fourth-order valence-electron chi connectivity index (χ4n) is 2.24. The number of amides is 1. The number of hydrogen-bond acceptors (Lipinski definition) is 4. The number of carbonyl (C=O) groups is 2. The molecule has 138 valence electrons. The average molecular weight is 365 g/mol. The number of carboxylic acids is 1. The Kier molecular flexibility index (Phi) is 5.39. The molecule has 1 unspecified atom stereocenters. The molecule has 0 aliphatic carbocycles. The minimum absolute atomic E-state index is 0.0796. The van der Waals surface area contributed by atoms with Gasteiger partial charge in [0.25, 0.3) is 5.91 Å². The lowest BCUT2D eigenvalue weighted by molar-refractivity contribution is -0.154. The van der Waals surface area contributed by atoms with Crippen molar-refractivity contribution in [1.29, 1.82) is 0 Å². The maximum Gasteiger partial charge on any atom is 0.422 e. The van der Waals surface area contributed by atoms with Crippen LogP contribution in [0.3, 0.4) is 0 Å². The summed E-state index contributed by atoms with van der Waals surface area (Å²) in [7, 11) is 0.